The molecule has 37 heavy (non-hydrogen) atoms. The van der Waals surface area contributed by atoms with Crippen LogP contribution in [0.1, 0.15) is 52.5 Å². The first-order valence-electron chi connectivity index (χ1n) is 12.8. The van der Waals surface area contributed by atoms with E-state index in [1.54, 1.807) is 11.8 Å². The molecular formula is C30H38ClN3O3. The van der Waals surface area contributed by atoms with Gasteiger partial charge in [-0.2, -0.15) is 0 Å². The quantitative estimate of drug-likeness (QED) is 0.540. The molecule has 2 aromatic rings. The van der Waals surface area contributed by atoms with Crippen LogP contribution in [0.4, 0.5) is 0 Å². The van der Waals surface area contributed by atoms with Crippen molar-refractivity contribution in [3.63, 3.8) is 0 Å². The van der Waals surface area contributed by atoms with Crippen molar-refractivity contribution in [3.8, 4) is 23.3 Å². The molecule has 0 radical (unpaired) electrons. The molecule has 7 heteroatoms. The second-order valence-corrected chi connectivity index (χ2v) is 11.0. The molecule has 198 valence electrons. The van der Waals surface area contributed by atoms with Crippen LogP contribution in [-0.4, -0.2) is 52.8 Å². The molecule has 2 aromatic carbocycles. The predicted octanol–water partition coefficient (Wildman–Crippen LogP) is 5.02. The first kappa shape index (κ1) is 28.6. The number of amides is 2. The number of halogens is 1. The van der Waals surface area contributed by atoms with E-state index >= 15 is 0 Å². The van der Waals surface area contributed by atoms with Gasteiger partial charge in [-0.25, -0.2) is 0 Å². The van der Waals surface area contributed by atoms with E-state index in [9.17, 15) is 9.59 Å². The third-order valence-electron chi connectivity index (χ3n) is 7.03. The second-order valence-electron chi connectivity index (χ2n) is 11.0. The molecule has 0 unspecified atom stereocenters. The lowest BCUT2D eigenvalue weighted by Crippen LogP contribution is -2.73. The fourth-order valence-electron chi connectivity index (χ4n) is 5.14. The number of benzene rings is 2. The monoisotopic (exact) mass is 523 g/mol. The molecule has 1 atom stereocenters. The molecule has 2 fully saturated rings. The molecule has 0 saturated carbocycles. The Labute approximate surface area is 227 Å². The van der Waals surface area contributed by atoms with Crippen molar-refractivity contribution in [1.82, 2.24) is 15.1 Å². The molecule has 2 heterocycles. The maximum atomic E-state index is 13.5. The van der Waals surface area contributed by atoms with Gasteiger partial charge in [0.25, 0.3) is 0 Å². The van der Waals surface area contributed by atoms with E-state index in [0.717, 1.165) is 31.1 Å². The topological polar surface area (TPSA) is 61.9 Å². The number of rotatable bonds is 6. The van der Waals surface area contributed by atoms with Gasteiger partial charge in [0.1, 0.15) is 23.1 Å². The SMILES string of the molecule is CC#CCN1C(=O)[C@H](CC(C)(C)C)NC(=O)C12CCN(Cc1ccc(Oc3ccccc3)cc1)CC2.Cl. The van der Waals surface area contributed by atoms with Crippen LogP contribution >= 0.6 is 12.4 Å². The zero-order chi connectivity index (χ0) is 25.8. The number of carbonyl (C=O) groups excluding carboxylic acids is 2. The van der Waals surface area contributed by atoms with Gasteiger partial charge < -0.3 is 15.0 Å². The summed E-state index contributed by atoms with van der Waals surface area (Å²) in [6.45, 7) is 10.6. The Morgan fingerprint density at radius 1 is 1.00 bits per heavy atom. The number of nitrogens with one attached hydrogen (secondary N) is 1. The van der Waals surface area contributed by atoms with Crippen molar-refractivity contribution < 1.29 is 14.3 Å². The molecule has 6 nitrogen and oxygen atoms in total. The highest BCUT2D eigenvalue weighted by Gasteiger charge is 2.53. The molecular weight excluding hydrogens is 486 g/mol. The van der Waals surface area contributed by atoms with Gasteiger partial charge in [0.2, 0.25) is 11.8 Å². The number of piperidine rings is 1. The zero-order valence-electron chi connectivity index (χ0n) is 22.3. The van der Waals surface area contributed by atoms with Crippen molar-refractivity contribution in [2.75, 3.05) is 19.6 Å². The van der Waals surface area contributed by atoms with Crippen molar-refractivity contribution in [2.45, 2.75) is 65.1 Å². The number of likely N-dealkylation sites (tertiary alicyclic amines) is 1. The lowest BCUT2D eigenvalue weighted by atomic mass is 9.79. The van der Waals surface area contributed by atoms with Crippen molar-refractivity contribution in [3.05, 3.63) is 60.2 Å². The highest BCUT2D eigenvalue weighted by molar-refractivity contribution is 6.00. The van der Waals surface area contributed by atoms with Gasteiger partial charge in [-0.1, -0.05) is 57.0 Å². The van der Waals surface area contributed by atoms with Crippen LogP contribution in [0, 0.1) is 17.3 Å². The minimum absolute atomic E-state index is 0. The Balaban J connectivity index is 0.00000380. The third kappa shape index (κ3) is 6.85. The molecule has 2 aliphatic heterocycles. The van der Waals surface area contributed by atoms with Crippen LogP contribution in [0.2, 0.25) is 0 Å². The molecule has 0 aromatic heterocycles. The van der Waals surface area contributed by atoms with E-state index < -0.39 is 11.6 Å². The summed E-state index contributed by atoms with van der Waals surface area (Å²) in [5.41, 5.74) is 0.305. The van der Waals surface area contributed by atoms with Gasteiger partial charge in [0, 0.05) is 19.6 Å². The molecule has 1 spiro atoms. The summed E-state index contributed by atoms with van der Waals surface area (Å²) < 4.78 is 5.90. The van der Waals surface area contributed by atoms with E-state index in [0.29, 0.717) is 25.8 Å². The standard InChI is InChI=1S/C30H37N3O3.ClH/c1-5-6-18-33-27(34)26(21-29(2,3)4)31-28(35)30(33)16-19-32(20-17-30)22-23-12-14-25(15-13-23)36-24-10-8-7-9-11-24;/h7-15,26H,16-22H2,1-4H3,(H,31,35);1H/t26-;/m0./s1. The average molecular weight is 524 g/mol. The summed E-state index contributed by atoms with van der Waals surface area (Å²) in [6, 6.07) is 17.4. The number of hydrogen-bond donors (Lipinski definition) is 1. The predicted molar refractivity (Wildman–Crippen MR) is 149 cm³/mol. The third-order valence-corrected chi connectivity index (χ3v) is 7.03. The maximum absolute atomic E-state index is 13.5. The van der Waals surface area contributed by atoms with Gasteiger partial charge in [-0.15, -0.1) is 18.3 Å². The summed E-state index contributed by atoms with van der Waals surface area (Å²) in [5.74, 6) is 7.53. The van der Waals surface area contributed by atoms with Crippen molar-refractivity contribution in [2.24, 2.45) is 5.41 Å². The Morgan fingerprint density at radius 2 is 1.62 bits per heavy atom. The van der Waals surface area contributed by atoms with Crippen LogP contribution < -0.4 is 10.1 Å². The van der Waals surface area contributed by atoms with Crippen LogP contribution in [0.25, 0.3) is 0 Å². The normalized spacial score (nSPS) is 19.5. The van der Waals surface area contributed by atoms with Gasteiger partial charge >= 0.3 is 0 Å². The largest absolute Gasteiger partial charge is 0.457 e. The molecule has 2 saturated heterocycles. The van der Waals surface area contributed by atoms with E-state index in [2.05, 4.69) is 55.0 Å². The minimum atomic E-state index is -0.820. The van der Waals surface area contributed by atoms with Crippen LogP contribution in [0.3, 0.4) is 0 Å². The lowest BCUT2D eigenvalue weighted by Gasteiger charge is -2.51. The number of carbonyl (C=O) groups is 2. The van der Waals surface area contributed by atoms with Crippen molar-refractivity contribution in [1.29, 1.82) is 0 Å². The summed E-state index contributed by atoms with van der Waals surface area (Å²) >= 11 is 0. The highest BCUT2D eigenvalue weighted by atomic mass is 35.5. The van der Waals surface area contributed by atoms with Crippen LogP contribution in [0.15, 0.2) is 54.6 Å². The van der Waals surface area contributed by atoms with Gasteiger partial charge in [-0.3, -0.25) is 14.5 Å². The number of nitrogens with zero attached hydrogens (tertiary/aromatic N) is 2. The van der Waals surface area contributed by atoms with Crippen molar-refractivity contribution >= 4 is 24.2 Å². The Hall–Kier alpha value is -3.01. The number of para-hydroxylation sites is 1. The van der Waals surface area contributed by atoms with Gasteiger partial charge in [0.05, 0.1) is 6.54 Å². The second kappa shape index (κ2) is 12.0. The molecule has 2 aliphatic rings. The Kier molecular flexibility index (Phi) is 9.28. The van der Waals surface area contributed by atoms with E-state index in [1.807, 2.05) is 42.5 Å². The number of piperazine rings is 1. The summed E-state index contributed by atoms with van der Waals surface area (Å²) in [5, 5.41) is 3.07. The molecule has 1 N–H and O–H groups in total. The minimum Gasteiger partial charge on any atom is -0.457 e. The number of ether oxygens (including phenoxy) is 1. The lowest BCUT2D eigenvalue weighted by molar-refractivity contribution is -0.161. The highest BCUT2D eigenvalue weighted by Crippen LogP contribution is 2.35. The fourth-order valence-corrected chi connectivity index (χ4v) is 5.14. The van der Waals surface area contributed by atoms with Crippen LogP contribution in [-0.2, 0) is 16.1 Å². The van der Waals surface area contributed by atoms with E-state index in [1.165, 1.54) is 5.56 Å². The first-order valence-corrected chi connectivity index (χ1v) is 12.8. The molecule has 0 aliphatic carbocycles. The fraction of sp³-hybridized carbons (Fsp3) is 0.467. The van der Waals surface area contributed by atoms with Gasteiger partial charge in [-0.05, 0) is 61.4 Å². The first-order chi connectivity index (χ1) is 17.2. The average Bonchev–Trinajstić information content (AvgIpc) is 2.85. The van der Waals surface area contributed by atoms with E-state index in [-0.39, 0.29) is 29.6 Å². The molecule has 4 rings (SSSR count). The van der Waals surface area contributed by atoms with Crippen LogP contribution in [0.5, 0.6) is 11.5 Å². The summed E-state index contributed by atoms with van der Waals surface area (Å²) in [6.07, 6.45) is 1.82. The number of hydrogen-bond acceptors (Lipinski definition) is 4. The maximum Gasteiger partial charge on any atom is 0.246 e. The van der Waals surface area contributed by atoms with E-state index in [4.69, 9.17) is 4.74 Å². The Morgan fingerprint density at radius 3 is 2.22 bits per heavy atom. The molecule has 0 bridgehead atoms. The summed E-state index contributed by atoms with van der Waals surface area (Å²) in [7, 11) is 0. The molecule has 2 amide bonds. The smallest absolute Gasteiger partial charge is 0.246 e. The Bertz CT molecular complexity index is 1120. The van der Waals surface area contributed by atoms with Gasteiger partial charge in [0.15, 0.2) is 0 Å². The zero-order valence-corrected chi connectivity index (χ0v) is 23.1. The summed E-state index contributed by atoms with van der Waals surface area (Å²) in [4.78, 5) is 31.1.